The van der Waals surface area contributed by atoms with E-state index in [1.54, 1.807) is 36.2 Å². The number of hydrogen-bond acceptors (Lipinski definition) is 4. The predicted molar refractivity (Wildman–Crippen MR) is 133 cm³/mol. The first-order valence-corrected chi connectivity index (χ1v) is 11.2. The van der Waals surface area contributed by atoms with Crippen molar-refractivity contribution in [2.24, 2.45) is 0 Å². The Morgan fingerprint density at radius 3 is 2.38 bits per heavy atom. The smallest absolute Gasteiger partial charge is 0.324 e. The molecule has 0 unspecified atom stereocenters. The number of amides is 3. The van der Waals surface area contributed by atoms with E-state index in [1.165, 1.54) is 0 Å². The summed E-state index contributed by atoms with van der Waals surface area (Å²) in [6, 6.07) is 20.3. The molecule has 0 atom stereocenters. The summed E-state index contributed by atoms with van der Waals surface area (Å²) >= 11 is 0. The molecule has 34 heavy (non-hydrogen) atoms. The fraction of sp³-hybridized carbons (Fsp3) is 0.259. The van der Waals surface area contributed by atoms with E-state index in [9.17, 15) is 9.59 Å². The predicted octanol–water partition coefficient (Wildman–Crippen LogP) is 5.10. The van der Waals surface area contributed by atoms with Crippen molar-refractivity contribution < 1.29 is 19.1 Å². The maximum Gasteiger partial charge on any atom is 0.324 e. The van der Waals surface area contributed by atoms with E-state index >= 15 is 0 Å². The van der Waals surface area contributed by atoms with Crippen LogP contribution in [0.3, 0.4) is 0 Å². The Bertz CT molecular complexity index is 1170. The minimum absolute atomic E-state index is 0.106. The molecular weight excluding hydrogens is 430 g/mol. The van der Waals surface area contributed by atoms with Crippen LogP contribution in [-0.2, 0) is 6.54 Å². The molecule has 7 heteroatoms. The van der Waals surface area contributed by atoms with Crippen molar-refractivity contribution in [1.29, 1.82) is 0 Å². The molecule has 7 nitrogen and oxygen atoms in total. The SMILES string of the molecule is COc1cc(CN2CCCN(c3ccccc3NC(=O)c3cccc(C)c3)C2=O)cc(OC)c1. The number of urea groups is 1. The summed E-state index contributed by atoms with van der Waals surface area (Å²) < 4.78 is 10.7. The van der Waals surface area contributed by atoms with E-state index < -0.39 is 0 Å². The van der Waals surface area contributed by atoms with Gasteiger partial charge in [0.05, 0.1) is 25.6 Å². The van der Waals surface area contributed by atoms with Gasteiger partial charge in [-0.1, -0.05) is 29.8 Å². The van der Waals surface area contributed by atoms with E-state index in [-0.39, 0.29) is 11.9 Å². The molecule has 3 amide bonds. The molecule has 1 aliphatic heterocycles. The third-order valence-corrected chi connectivity index (χ3v) is 5.82. The van der Waals surface area contributed by atoms with Crippen LogP contribution >= 0.6 is 0 Å². The monoisotopic (exact) mass is 459 g/mol. The number of anilines is 2. The molecule has 0 aliphatic carbocycles. The fourth-order valence-corrected chi connectivity index (χ4v) is 4.13. The van der Waals surface area contributed by atoms with Gasteiger partial charge in [-0.2, -0.15) is 0 Å². The number of nitrogens with zero attached hydrogens (tertiary/aromatic N) is 2. The summed E-state index contributed by atoms with van der Waals surface area (Å²) in [5, 5.41) is 2.98. The van der Waals surface area contributed by atoms with Crippen LogP contribution in [0.1, 0.15) is 27.9 Å². The van der Waals surface area contributed by atoms with Gasteiger partial charge in [-0.15, -0.1) is 0 Å². The van der Waals surface area contributed by atoms with Gasteiger partial charge in [0, 0.05) is 31.3 Å². The molecule has 0 radical (unpaired) electrons. The average Bonchev–Trinajstić information content (AvgIpc) is 2.85. The topological polar surface area (TPSA) is 71.1 Å². The molecule has 1 heterocycles. The number of carbonyl (C=O) groups excluding carboxylic acids is 2. The standard InChI is InChI=1S/C27H29N3O4/c1-19-8-6-9-21(14-19)26(31)28-24-10-4-5-11-25(24)30-13-7-12-29(27(30)32)18-20-15-22(33-2)17-23(16-20)34-3/h4-6,8-11,14-17H,7,12-13,18H2,1-3H3,(H,28,31). The number of rotatable bonds is 7. The van der Waals surface area contributed by atoms with E-state index in [0.717, 1.165) is 17.5 Å². The summed E-state index contributed by atoms with van der Waals surface area (Å²) in [6.07, 6.45) is 0.813. The van der Waals surface area contributed by atoms with Gasteiger partial charge in [-0.3, -0.25) is 9.69 Å². The highest BCUT2D eigenvalue weighted by Crippen LogP contribution is 2.30. The molecule has 0 spiro atoms. The number of ether oxygens (including phenoxy) is 2. The molecule has 3 aromatic carbocycles. The number of benzene rings is 3. The number of hydrogen-bond donors (Lipinski definition) is 1. The fourth-order valence-electron chi connectivity index (χ4n) is 4.13. The molecule has 4 rings (SSSR count). The van der Waals surface area contributed by atoms with Crippen molar-refractivity contribution in [3.05, 3.63) is 83.4 Å². The van der Waals surface area contributed by atoms with E-state index in [1.807, 2.05) is 61.5 Å². The highest BCUT2D eigenvalue weighted by molar-refractivity contribution is 6.07. The third-order valence-electron chi connectivity index (χ3n) is 5.82. The van der Waals surface area contributed by atoms with E-state index in [4.69, 9.17) is 9.47 Å². The molecule has 1 N–H and O–H groups in total. The second-order valence-corrected chi connectivity index (χ2v) is 8.27. The Balaban J connectivity index is 1.55. The Hall–Kier alpha value is -4.00. The lowest BCUT2D eigenvalue weighted by molar-refractivity contribution is 0.102. The summed E-state index contributed by atoms with van der Waals surface area (Å²) in [4.78, 5) is 29.9. The van der Waals surface area contributed by atoms with Crippen LogP contribution in [0.5, 0.6) is 11.5 Å². The second-order valence-electron chi connectivity index (χ2n) is 8.27. The van der Waals surface area contributed by atoms with Gasteiger partial charge >= 0.3 is 6.03 Å². The summed E-state index contributed by atoms with van der Waals surface area (Å²) in [5.74, 6) is 1.15. The summed E-state index contributed by atoms with van der Waals surface area (Å²) in [6.45, 7) is 3.60. The number of carbonyl (C=O) groups is 2. The minimum atomic E-state index is -0.207. The molecule has 1 saturated heterocycles. The first-order chi connectivity index (χ1) is 16.5. The Morgan fingerprint density at radius 2 is 1.68 bits per heavy atom. The van der Waals surface area contributed by atoms with Gasteiger partial charge in [-0.05, 0) is 55.3 Å². The van der Waals surface area contributed by atoms with Crippen molar-refractivity contribution in [1.82, 2.24) is 4.90 Å². The van der Waals surface area contributed by atoms with Crippen LogP contribution in [0, 0.1) is 6.92 Å². The number of aryl methyl sites for hydroxylation is 1. The Morgan fingerprint density at radius 1 is 0.941 bits per heavy atom. The van der Waals surface area contributed by atoms with Gasteiger partial charge in [0.2, 0.25) is 0 Å². The molecule has 0 saturated carbocycles. The van der Waals surface area contributed by atoms with Crippen molar-refractivity contribution in [2.45, 2.75) is 19.9 Å². The van der Waals surface area contributed by atoms with Crippen LogP contribution in [0.4, 0.5) is 16.2 Å². The van der Waals surface area contributed by atoms with Gasteiger partial charge in [0.15, 0.2) is 0 Å². The molecule has 0 bridgehead atoms. The molecule has 3 aromatic rings. The van der Waals surface area contributed by atoms with Crippen LogP contribution in [0.2, 0.25) is 0 Å². The molecule has 1 fully saturated rings. The van der Waals surface area contributed by atoms with Crippen molar-refractivity contribution in [3.8, 4) is 11.5 Å². The second kappa shape index (κ2) is 10.3. The van der Waals surface area contributed by atoms with Crippen LogP contribution in [0.15, 0.2) is 66.7 Å². The van der Waals surface area contributed by atoms with Crippen molar-refractivity contribution in [3.63, 3.8) is 0 Å². The van der Waals surface area contributed by atoms with Crippen molar-refractivity contribution in [2.75, 3.05) is 37.5 Å². The zero-order chi connectivity index (χ0) is 24.1. The van der Waals surface area contributed by atoms with Gasteiger partial charge in [-0.25, -0.2) is 4.79 Å². The zero-order valence-electron chi connectivity index (χ0n) is 19.7. The quantitative estimate of drug-likeness (QED) is 0.534. The number of nitrogens with one attached hydrogen (secondary N) is 1. The average molecular weight is 460 g/mol. The zero-order valence-corrected chi connectivity index (χ0v) is 19.7. The minimum Gasteiger partial charge on any atom is -0.497 e. The molecule has 176 valence electrons. The lowest BCUT2D eigenvalue weighted by Crippen LogP contribution is -2.49. The maximum atomic E-state index is 13.5. The van der Waals surface area contributed by atoms with E-state index in [0.29, 0.717) is 48.1 Å². The number of para-hydroxylation sites is 2. The first kappa shape index (κ1) is 23.2. The Labute approximate surface area is 199 Å². The van der Waals surface area contributed by atoms with Crippen LogP contribution < -0.4 is 19.7 Å². The molecule has 0 aromatic heterocycles. The normalized spacial score (nSPS) is 13.6. The Kier molecular flexibility index (Phi) is 7.01. The third kappa shape index (κ3) is 5.14. The van der Waals surface area contributed by atoms with Crippen LogP contribution in [-0.4, -0.2) is 44.1 Å². The van der Waals surface area contributed by atoms with E-state index in [2.05, 4.69) is 5.32 Å². The lowest BCUT2D eigenvalue weighted by atomic mass is 10.1. The van der Waals surface area contributed by atoms with Gasteiger partial charge in [0.25, 0.3) is 5.91 Å². The summed E-state index contributed by atoms with van der Waals surface area (Å²) in [7, 11) is 3.21. The molecular formula is C27H29N3O4. The highest BCUT2D eigenvalue weighted by Gasteiger charge is 2.29. The maximum absolute atomic E-state index is 13.5. The highest BCUT2D eigenvalue weighted by atomic mass is 16.5. The van der Waals surface area contributed by atoms with Gasteiger partial charge < -0.3 is 19.7 Å². The van der Waals surface area contributed by atoms with Crippen molar-refractivity contribution >= 4 is 23.3 Å². The first-order valence-electron chi connectivity index (χ1n) is 11.2. The van der Waals surface area contributed by atoms with Gasteiger partial charge in [0.1, 0.15) is 11.5 Å². The lowest BCUT2D eigenvalue weighted by Gasteiger charge is -2.36. The largest absolute Gasteiger partial charge is 0.497 e. The summed E-state index contributed by atoms with van der Waals surface area (Å²) in [5.41, 5.74) is 3.80. The number of methoxy groups -OCH3 is 2. The molecule has 1 aliphatic rings. The van der Waals surface area contributed by atoms with Crippen LogP contribution in [0.25, 0.3) is 0 Å².